The Morgan fingerprint density at radius 2 is 2.26 bits per heavy atom. The third kappa shape index (κ3) is 6.20. The minimum absolute atomic E-state index is 0.0956. The molecule has 0 aliphatic rings. The lowest BCUT2D eigenvalue weighted by molar-refractivity contribution is -0.116. The first-order valence-electron chi connectivity index (χ1n) is 6.12. The van der Waals surface area contributed by atoms with Gasteiger partial charge in [0.05, 0.1) is 0 Å². The summed E-state index contributed by atoms with van der Waals surface area (Å²) in [6, 6.07) is 7.31. The van der Waals surface area contributed by atoms with Crippen LogP contribution in [0, 0.1) is 0 Å². The molecule has 0 bridgehead atoms. The molecule has 1 amide bonds. The van der Waals surface area contributed by atoms with E-state index in [0.29, 0.717) is 18.7 Å². The van der Waals surface area contributed by atoms with Crippen molar-refractivity contribution in [1.82, 2.24) is 5.32 Å². The van der Waals surface area contributed by atoms with Crippen molar-refractivity contribution in [2.24, 2.45) is 0 Å². The first kappa shape index (κ1) is 15.4. The summed E-state index contributed by atoms with van der Waals surface area (Å²) in [4.78, 5) is 11.5. The smallest absolute Gasteiger partial charge is 0.243 e. The number of hydrogen-bond donors (Lipinski definition) is 2. The second kappa shape index (κ2) is 7.74. The third-order valence-electron chi connectivity index (χ3n) is 2.75. The molecular formula is C14H20N2O2S. The van der Waals surface area contributed by atoms with Crippen molar-refractivity contribution in [1.29, 1.82) is 0 Å². The Bertz CT molecular complexity index is 486. The zero-order valence-electron chi connectivity index (χ0n) is 11.3. The Morgan fingerprint density at radius 3 is 2.89 bits per heavy atom. The molecule has 1 rings (SSSR count). The van der Waals surface area contributed by atoms with Gasteiger partial charge in [0, 0.05) is 40.6 Å². The molecule has 0 spiro atoms. The Balaban J connectivity index is 2.37. The van der Waals surface area contributed by atoms with E-state index in [1.165, 1.54) is 6.08 Å². The summed E-state index contributed by atoms with van der Waals surface area (Å²) < 4.78 is 11.1. The highest BCUT2D eigenvalue weighted by molar-refractivity contribution is 7.84. The second-order valence-corrected chi connectivity index (χ2v) is 6.19. The Kier molecular flexibility index (Phi) is 6.29. The van der Waals surface area contributed by atoms with Gasteiger partial charge < -0.3 is 11.1 Å². The quantitative estimate of drug-likeness (QED) is 0.613. The van der Waals surface area contributed by atoms with Crippen molar-refractivity contribution in [3.8, 4) is 0 Å². The lowest BCUT2D eigenvalue weighted by Gasteiger charge is -2.07. The molecular weight excluding hydrogens is 260 g/mol. The highest BCUT2D eigenvalue weighted by atomic mass is 32.2. The van der Waals surface area contributed by atoms with Gasteiger partial charge in [-0.1, -0.05) is 19.1 Å². The van der Waals surface area contributed by atoms with Gasteiger partial charge in [0.15, 0.2) is 0 Å². The van der Waals surface area contributed by atoms with E-state index < -0.39 is 10.8 Å². The van der Waals surface area contributed by atoms with E-state index in [4.69, 9.17) is 5.73 Å². The Labute approximate surface area is 116 Å². The van der Waals surface area contributed by atoms with Crippen LogP contribution in [0.1, 0.15) is 18.9 Å². The first-order chi connectivity index (χ1) is 8.99. The lowest BCUT2D eigenvalue weighted by Crippen LogP contribution is -2.25. The Hall–Kier alpha value is -1.62. The molecule has 0 saturated heterocycles. The maximum absolute atomic E-state index is 11.5. The third-order valence-corrected chi connectivity index (χ3v) is 4.12. The van der Waals surface area contributed by atoms with Crippen LogP contribution in [0.2, 0.25) is 0 Å². The number of anilines is 1. The van der Waals surface area contributed by atoms with E-state index in [1.54, 1.807) is 24.5 Å². The maximum Gasteiger partial charge on any atom is 0.243 e. The molecule has 19 heavy (non-hydrogen) atoms. The summed E-state index contributed by atoms with van der Waals surface area (Å²) in [5.74, 6) is -0.156. The van der Waals surface area contributed by atoms with Gasteiger partial charge in [0.2, 0.25) is 5.91 Å². The minimum Gasteiger partial charge on any atom is -0.399 e. The molecule has 0 aliphatic carbocycles. The van der Waals surface area contributed by atoms with Crippen LogP contribution in [0.3, 0.4) is 0 Å². The molecule has 0 heterocycles. The molecule has 4 nitrogen and oxygen atoms in total. The van der Waals surface area contributed by atoms with Crippen molar-refractivity contribution < 1.29 is 9.00 Å². The van der Waals surface area contributed by atoms with Crippen molar-refractivity contribution >= 4 is 28.5 Å². The lowest BCUT2D eigenvalue weighted by atomic mass is 10.2. The summed E-state index contributed by atoms with van der Waals surface area (Å²) in [6.45, 7) is 2.44. The summed E-state index contributed by atoms with van der Waals surface area (Å²) in [5.41, 5.74) is 7.20. The van der Waals surface area contributed by atoms with Crippen LogP contribution in [-0.4, -0.2) is 28.2 Å². The molecule has 5 heteroatoms. The second-order valence-electron chi connectivity index (χ2n) is 4.39. The fourth-order valence-corrected chi connectivity index (χ4v) is 1.91. The molecule has 0 aliphatic heterocycles. The normalized spacial score (nSPS) is 14.2. The zero-order valence-corrected chi connectivity index (χ0v) is 12.1. The highest BCUT2D eigenvalue weighted by Gasteiger charge is 2.05. The topological polar surface area (TPSA) is 72.2 Å². The van der Waals surface area contributed by atoms with E-state index in [-0.39, 0.29) is 11.2 Å². The van der Waals surface area contributed by atoms with E-state index in [0.717, 1.165) is 5.56 Å². The van der Waals surface area contributed by atoms with Gasteiger partial charge >= 0.3 is 0 Å². The number of amides is 1. The summed E-state index contributed by atoms with van der Waals surface area (Å²) in [6.07, 6.45) is 5.57. The van der Waals surface area contributed by atoms with E-state index in [2.05, 4.69) is 5.32 Å². The first-order valence-corrected chi connectivity index (χ1v) is 7.75. The molecule has 0 fully saturated rings. The average molecular weight is 280 g/mol. The standard InChI is InChI=1S/C14H20N2O2S/c1-11(19(2)18)8-9-16-14(17)7-6-12-4-3-5-13(15)10-12/h3-7,10-11H,8-9,15H2,1-2H3,(H,16,17)/b7-6+. The van der Waals surface area contributed by atoms with Crippen LogP contribution in [0.25, 0.3) is 6.08 Å². The highest BCUT2D eigenvalue weighted by Crippen LogP contribution is 2.07. The van der Waals surface area contributed by atoms with Crippen LogP contribution in [-0.2, 0) is 15.6 Å². The predicted octanol–water partition coefficient (Wildman–Crippen LogP) is 1.56. The number of nitrogens with two attached hydrogens (primary N) is 1. The fraction of sp³-hybridized carbons (Fsp3) is 0.357. The summed E-state index contributed by atoms with van der Waals surface area (Å²) >= 11 is 0. The van der Waals surface area contributed by atoms with Gasteiger partial charge in [0.25, 0.3) is 0 Å². The van der Waals surface area contributed by atoms with E-state index >= 15 is 0 Å². The van der Waals surface area contributed by atoms with Crippen molar-refractivity contribution in [3.05, 3.63) is 35.9 Å². The van der Waals surface area contributed by atoms with Gasteiger partial charge in [-0.05, 0) is 30.2 Å². The SMILES string of the molecule is CC(CCNC(=O)/C=C/c1cccc(N)c1)S(C)=O. The monoisotopic (exact) mass is 280 g/mol. The molecule has 0 radical (unpaired) electrons. The van der Waals surface area contributed by atoms with Crippen molar-refractivity contribution in [3.63, 3.8) is 0 Å². The predicted molar refractivity (Wildman–Crippen MR) is 81.0 cm³/mol. The molecule has 2 atom stereocenters. The van der Waals surface area contributed by atoms with Crippen LogP contribution in [0.5, 0.6) is 0 Å². The average Bonchev–Trinajstić information content (AvgIpc) is 2.36. The molecule has 2 unspecified atom stereocenters. The molecule has 1 aromatic carbocycles. The van der Waals surface area contributed by atoms with Gasteiger partial charge in [0.1, 0.15) is 0 Å². The van der Waals surface area contributed by atoms with Gasteiger partial charge in [-0.25, -0.2) is 0 Å². The number of hydrogen-bond acceptors (Lipinski definition) is 3. The number of nitrogens with one attached hydrogen (secondary N) is 1. The van der Waals surface area contributed by atoms with Crippen molar-refractivity contribution in [2.45, 2.75) is 18.6 Å². The van der Waals surface area contributed by atoms with Crippen LogP contribution >= 0.6 is 0 Å². The molecule has 0 saturated carbocycles. The number of rotatable bonds is 6. The van der Waals surface area contributed by atoms with E-state index in [1.807, 2.05) is 19.1 Å². The molecule has 0 aromatic heterocycles. The summed E-state index contributed by atoms with van der Waals surface area (Å²) in [5, 5.41) is 2.86. The molecule has 3 N–H and O–H groups in total. The van der Waals surface area contributed by atoms with Crippen LogP contribution in [0.15, 0.2) is 30.3 Å². The van der Waals surface area contributed by atoms with Gasteiger partial charge in [-0.3, -0.25) is 9.00 Å². The fourth-order valence-electron chi connectivity index (χ4n) is 1.46. The Morgan fingerprint density at radius 1 is 1.53 bits per heavy atom. The molecule has 104 valence electrons. The largest absolute Gasteiger partial charge is 0.399 e. The minimum atomic E-state index is -0.844. The number of nitrogen functional groups attached to an aromatic ring is 1. The zero-order chi connectivity index (χ0) is 14.3. The summed E-state index contributed by atoms with van der Waals surface area (Å²) in [7, 11) is -0.844. The van der Waals surface area contributed by atoms with Crippen LogP contribution in [0.4, 0.5) is 5.69 Å². The van der Waals surface area contributed by atoms with Gasteiger partial charge in [-0.15, -0.1) is 0 Å². The van der Waals surface area contributed by atoms with Crippen molar-refractivity contribution in [2.75, 3.05) is 18.5 Å². The van der Waals surface area contributed by atoms with E-state index in [9.17, 15) is 9.00 Å². The van der Waals surface area contributed by atoms with Crippen LogP contribution < -0.4 is 11.1 Å². The number of carbonyl (C=O) groups excluding carboxylic acids is 1. The van der Waals surface area contributed by atoms with Gasteiger partial charge in [-0.2, -0.15) is 0 Å². The maximum atomic E-state index is 11.5. The molecule has 1 aromatic rings. The number of carbonyl (C=O) groups is 1. The number of benzene rings is 1.